The Bertz CT molecular complexity index is 770. The number of rotatable bonds is 6. The van der Waals surface area contributed by atoms with E-state index in [1.807, 2.05) is 18.3 Å². The highest BCUT2D eigenvalue weighted by Crippen LogP contribution is 2.25. The fraction of sp³-hybridized carbons (Fsp3) is 0.526. The fourth-order valence-corrected chi connectivity index (χ4v) is 4.04. The number of hydrogen-bond donors (Lipinski definition) is 1. The number of pyridine rings is 1. The van der Waals surface area contributed by atoms with Crippen LogP contribution in [0.3, 0.4) is 0 Å². The lowest BCUT2D eigenvalue weighted by Gasteiger charge is -2.27. The standard InChI is InChI=1S/C19H25N5O3S/c25-18(20-3-4-23-5-9-26-10-6-23)16-14-28-19(22-16)15-1-2-17(21-13-15)24-7-11-27-12-8-24/h1-2,13-14H,3-12H2,(H,20,25). The highest BCUT2D eigenvalue weighted by molar-refractivity contribution is 7.13. The minimum Gasteiger partial charge on any atom is -0.379 e. The second-order valence-electron chi connectivity index (χ2n) is 6.75. The van der Waals surface area contributed by atoms with E-state index in [2.05, 4.69) is 25.1 Å². The first-order valence-corrected chi connectivity index (χ1v) is 10.5. The van der Waals surface area contributed by atoms with Gasteiger partial charge in [0.05, 0.1) is 26.4 Å². The largest absolute Gasteiger partial charge is 0.379 e. The highest BCUT2D eigenvalue weighted by Gasteiger charge is 2.15. The summed E-state index contributed by atoms with van der Waals surface area (Å²) in [6.07, 6.45) is 1.82. The third-order valence-corrected chi connectivity index (χ3v) is 5.78. The molecule has 2 aliphatic heterocycles. The van der Waals surface area contributed by atoms with Crippen LogP contribution in [0.1, 0.15) is 10.5 Å². The molecule has 2 fully saturated rings. The molecular weight excluding hydrogens is 378 g/mol. The summed E-state index contributed by atoms with van der Waals surface area (Å²) in [7, 11) is 0. The Morgan fingerprint density at radius 3 is 2.57 bits per heavy atom. The van der Waals surface area contributed by atoms with Gasteiger partial charge in [0.1, 0.15) is 16.5 Å². The van der Waals surface area contributed by atoms with Crippen LogP contribution in [0.2, 0.25) is 0 Å². The average molecular weight is 404 g/mol. The number of thiazole rings is 1. The lowest BCUT2D eigenvalue weighted by atomic mass is 10.3. The van der Waals surface area contributed by atoms with E-state index in [1.54, 1.807) is 5.38 Å². The van der Waals surface area contributed by atoms with Crippen molar-refractivity contribution in [2.75, 3.05) is 70.6 Å². The zero-order valence-corrected chi connectivity index (χ0v) is 16.6. The van der Waals surface area contributed by atoms with Gasteiger partial charge in [0.25, 0.3) is 5.91 Å². The smallest absolute Gasteiger partial charge is 0.270 e. The van der Waals surface area contributed by atoms with Crippen LogP contribution in [0.25, 0.3) is 10.6 Å². The highest BCUT2D eigenvalue weighted by atomic mass is 32.1. The van der Waals surface area contributed by atoms with Gasteiger partial charge in [-0.2, -0.15) is 0 Å². The van der Waals surface area contributed by atoms with E-state index in [0.29, 0.717) is 12.2 Å². The lowest BCUT2D eigenvalue weighted by Crippen LogP contribution is -2.41. The van der Waals surface area contributed by atoms with Crippen molar-refractivity contribution >= 4 is 23.1 Å². The maximum atomic E-state index is 12.3. The zero-order valence-electron chi connectivity index (χ0n) is 15.8. The second kappa shape index (κ2) is 9.42. The fourth-order valence-electron chi connectivity index (χ4n) is 3.25. The van der Waals surface area contributed by atoms with Gasteiger partial charge >= 0.3 is 0 Å². The van der Waals surface area contributed by atoms with Crippen LogP contribution in [0.4, 0.5) is 5.82 Å². The van der Waals surface area contributed by atoms with E-state index < -0.39 is 0 Å². The van der Waals surface area contributed by atoms with Crippen molar-refractivity contribution in [2.24, 2.45) is 0 Å². The molecule has 0 aliphatic carbocycles. The Labute approximate surface area is 168 Å². The van der Waals surface area contributed by atoms with E-state index >= 15 is 0 Å². The van der Waals surface area contributed by atoms with Crippen molar-refractivity contribution in [3.63, 3.8) is 0 Å². The van der Waals surface area contributed by atoms with E-state index in [0.717, 1.165) is 75.5 Å². The lowest BCUT2D eigenvalue weighted by molar-refractivity contribution is 0.0383. The summed E-state index contributed by atoms with van der Waals surface area (Å²) in [5, 5.41) is 5.56. The Kier molecular flexibility index (Phi) is 6.48. The van der Waals surface area contributed by atoms with Gasteiger partial charge in [-0.15, -0.1) is 11.3 Å². The van der Waals surface area contributed by atoms with Gasteiger partial charge in [0, 0.05) is 56.4 Å². The molecule has 9 heteroatoms. The van der Waals surface area contributed by atoms with Crippen LogP contribution in [0, 0.1) is 0 Å². The summed E-state index contributed by atoms with van der Waals surface area (Å²) in [6, 6.07) is 4.01. The minimum absolute atomic E-state index is 0.131. The average Bonchev–Trinajstić information content (AvgIpc) is 3.26. The van der Waals surface area contributed by atoms with Gasteiger partial charge in [-0.25, -0.2) is 9.97 Å². The van der Waals surface area contributed by atoms with Crippen LogP contribution in [-0.4, -0.2) is 86.5 Å². The van der Waals surface area contributed by atoms with Crippen LogP contribution in [0.5, 0.6) is 0 Å². The quantitative estimate of drug-likeness (QED) is 0.774. The number of carbonyl (C=O) groups excluding carboxylic acids is 1. The number of carbonyl (C=O) groups is 1. The maximum absolute atomic E-state index is 12.3. The number of ether oxygens (including phenoxy) is 2. The summed E-state index contributed by atoms with van der Waals surface area (Å²) in [5.74, 6) is 0.818. The molecule has 28 heavy (non-hydrogen) atoms. The molecule has 0 saturated carbocycles. The number of aromatic nitrogens is 2. The number of nitrogens with zero attached hydrogens (tertiary/aromatic N) is 4. The number of anilines is 1. The third-order valence-electron chi connectivity index (χ3n) is 4.88. The Balaban J connectivity index is 1.31. The first-order valence-electron chi connectivity index (χ1n) is 9.62. The molecule has 2 aliphatic rings. The summed E-state index contributed by atoms with van der Waals surface area (Å²) in [5.41, 5.74) is 1.38. The molecule has 150 valence electrons. The Hall–Kier alpha value is -2.07. The van der Waals surface area contributed by atoms with Gasteiger partial charge in [0.2, 0.25) is 0 Å². The summed E-state index contributed by atoms with van der Waals surface area (Å²) in [6.45, 7) is 8.01. The second-order valence-corrected chi connectivity index (χ2v) is 7.61. The monoisotopic (exact) mass is 403 g/mol. The van der Waals surface area contributed by atoms with Crippen molar-refractivity contribution < 1.29 is 14.3 Å². The van der Waals surface area contributed by atoms with Gasteiger partial charge in [-0.1, -0.05) is 0 Å². The van der Waals surface area contributed by atoms with Gasteiger partial charge < -0.3 is 19.7 Å². The maximum Gasteiger partial charge on any atom is 0.270 e. The SMILES string of the molecule is O=C(NCCN1CCOCC1)c1csc(-c2ccc(N3CCOCC3)nc2)n1. The molecule has 2 aromatic rings. The van der Waals surface area contributed by atoms with Crippen molar-refractivity contribution in [1.29, 1.82) is 0 Å². The van der Waals surface area contributed by atoms with Crippen molar-refractivity contribution in [2.45, 2.75) is 0 Å². The first-order chi connectivity index (χ1) is 13.8. The normalized spacial score (nSPS) is 18.2. The summed E-state index contributed by atoms with van der Waals surface area (Å²) >= 11 is 1.46. The minimum atomic E-state index is -0.131. The first kappa shape index (κ1) is 19.3. The summed E-state index contributed by atoms with van der Waals surface area (Å²) < 4.78 is 10.7. The molecule has 0 radical (unpaired) electrons. The molecule has 2 saturated heterocycles. The van der Waals surface area contributed by atoms with Gasteiger partial charge in [-0.05, 0) is 12.1 Å². The topological polar surface area (TPSA) is 79.8 Å². The third kappa shape index (κ3) is 4.85. The molecule has 1 N–H and O–H groups in total. The van der Waals surface area contributed by atoms with E-state index in [1.165, 1.54) is 11.3 Å². The van der Waals surface area contributed by atoms with E-state index in [4.69, 9.17) is 9.47 Å². The molecule has 0 aromatic carbocycles. The number of morpholine rings is 2. The van der Waals surface area contributed by atoms with Crippen molar-refractivity contribution in [1.82, 2.24) is 20.2 Å². The van der Waals surface area contributed by atoms with Crippen molar-refractivity contribution in [3.05, 3.63) is 29.4 Å². The van der Waals surface area contributed by atoms with E-state index in [9.17, 15) is 4.79 Å². The molecule has 4 heterocycles. The number of hydrogen-bond acceptors (Lipinski definition) is 8. The predicted octanol–water partition coefficient (Wildman–Crippen LogP) is 1.10. The van der Waals surface area contributed by atoms with E-state index in [-0.39, 0.29) is 5.91 Å². The number of nitrogens with one attached hydrogen (secondary N) is 1. The molecule has 0 bridgehead atoms. The molecule has 8 nitrogen and oxygen atoms in total. The summed E-state index contributed by atoms with van der Waals surface area (Å²) in [4.78, 5) is 25.9. The predicted molar refractivity (Wildman–Crippen MR) is 108 cm³/mol. The molecular formula is C19H25N5O3S. The van der Waals surface area contributed by atoms with Gasteiger partial charge in [0.15, 0.2) is 0 Å². The Morgan fingerprint density at radius 2 is 1.86 bits per heavy atom. The zero-order chi connectivity index (χ0) is 19.2. The number of amides is 1. The van der Waals surface area contributed by atoms with Crippen molar-refractivity contribution in [3.8, 4) is 10.6 Å². The van der Waals surface area contributed by atoms with Crippen LogP contribution >= 0.6 is 11.3 Å². The van der Waals surface area contributed by atoms with Crippen LogP contribution in [-0.2, 0) is 9.47 Å². The molecule has 1 amide bonds. The van der Waals surface area contributed by atoms with Crippen LogP contribution < -0.4 is 10.2 Å². The van der Waals surface area contributed by atoms with Gasteiger partial charge in [-0.3, -0.25) is 9.69 Å². The molecule has 0 atom stereocenters. The molecule has 0 unspecified atom stereocenters. The molecule has 2 aromatic heterocycles. The molecule has 0 spiro atoms. The van der Waals surface area contributed by atoms with Crippen LogP contribution in [0.15, 0.2) is 23.7 Å². The Morgan fingerprint density at radius 1 is 1.11 bits per heavy atom. The molecule has 4 rings (SSSR count).